The highest BCUT2D eigenvalue weighted by Gasteiger charge is 2.19. The zero-order valence-electron chi connectivity index (χ0n) is 10.6. The van der Waals surface area contributed by atoms with Crippen LogP contribution in [0.25, 0.3) is 0 Å². The summed E-state index contributed by atoms with van der Waals surface area (Å²) < 4.78 is 44.7. The van der Waals surface area contributed by atoms with Crippen LogP contribution in [0, 0.1) is 17.5 Å². The summed E-state index contributed by atoms with van der Waals surface area (Å²) in [7, 11) is 0. The molecule has 0 radical (unpaired) electrons. The third-order valence-electron chi connectivity index (χ3n) is 2.71. The van der Waals surface area contributed by atoms with Gasteiger partial charge < -0.3 is 4.74 Å². The third-order valence-corrected chi connectivity index (χ3v) is 2.71. The molecule has 0 bridgehead atoms. The summed E-state index contributed by atoms with van der Waals surface area (Å²) in [6.07, 6.45) is 0. The monoisotopic (exact) mass is 280 g/mol. The fraction of sp³-hybridized carbons (Fsp3) is 0.133. The lowest BCUT2D eigenvalue weighted by Crippen LogP contribution is -2.07. The van der Waals surface area contributed by atoms with Crippen molar-refractivity contribution in [2.24, 2.45) is 0 Å². The lowest BCUT2D eigenvalue weighted by atomic mass is 10.0. The van der Waals surface area contributed by atoms with Crippen molar-refractivity contribution < 1.29 is 22.7 Å². The molecule has 0 aliphatic heterocycles. The van der Waals surface area contributed by atoms with Crippen LogP contribution >= 0.6 is 0 Å². The molecule has 0 fully saturated rings. The molecule has 2 aromatic carbocycles. The van der Waals surface area contributed by atoms with E-state index in [4.69, 9.17) is 4.74 Å². The van der Waals surface area contributed by atoms with Crippen molar-refractivity contribution in [3.8, 4) is 5.75 Å². The molecular weight excluding hydrogens is 269 g/mol. The summed E-state index contributed by atoms with van der Waals surface area (Å²) >= 11 is 0. The minimum absolute atomic E-state index is 0.165. The molecule has 0 saturated carbocycles. The van der Waals surface area contributed by atoms with E-state index in [0.717, 1.165) is 12.1 Å². The van der Waals surface area contributed by atoms with Crippen molar-refractivity contribution in [1.82, 2.24) is 0 Å². The topological polar surface area (TPSA) is 26.3 Å². The van der Waals surface area contributed by atoms with Crippen molar-refractivity contribution >= 4 is 5.78 Å². The number of hydrogen-bond acceptors (Lipinski definition) is 2. The Kier molecular flexibility index (Phi) is 4.08. The van der Waals surface area contributed by atoms with Crippen molar-refractivity contribution in [3.05, 3.63) is 65.0 Å². The van der Waals surface area contributed by atoms with Crippen LogP contribution in [0.4, 0.5) is 13.2 Å². The van der Waals surface area contributed by atoms with Gasteiger partial charge in [0.05, 0.1) is 12.2 Å². The Morgan fingerprint density at radius 2 is 1.65 bits per heavy atom. The van der Waals surface area contributed by atoms with E-state index < -0.39 is 28.8 Å². The second-order valence-electron chi connectivity index (χ2n) is 4.01. The number of carbonyl (C=O) groups is 1. The van der Waals surface area contributed by atoms with Crippen LogP contribution in [0.15, 0.2) is 36.4 Å². The van der Waals surface area contributed by atoms with Crippen LogP contribution in [-0.4, -0.2) is 12.4 Å². The van der Waals surface area contributed by atoms with Gasteiger partial charge in [-0.1, -0.05) is 0 Å². The molecule has 104 valence electrons. The van der Waals surface area contributed by atoms with Gasteiger partial charge in [0.2, 0.25) is 0 Å². The molecule has 0 aliphatic rings. The van der Waals surface area contributed by atoms with Crippen molar-refractivity contribution in [2.75, 3.05) is 6.61 Å². The average Bonchev–Trinajstić information content (AvgIpc) is 2.45. The first-order chi connectivity index (χ1) is 9.54. The lowest BCUT2D eigenvalue weighted by Gasteiger charge is -2.06. The molecule has 0 saturated heterocycles. The maximum absolute atomic E-state index is 13.5. The van der Waals surface area contributed by atoms with Crippen LogP contribution < -0.4 is 4.74 Å². The summed E-state index contributed by atoms with van der Waals surface area (Å²) in [5.41, 5.74) is -0.341. The van der Waals surface area contributed by atoms with Crippen molar-refractivity contribution in [3.63, 3.8) is 0 Å². The van der Waals surface area contributed by atoms with Crippen LogP contribution in [0.5, 0.6) is 5.75 Å². The average molecular weight is 280 g/mol. The first kappa shape index (κ1) is 14.1. The Morgan fingerprint density at radius 3 is 2.25 bits per heavy atom. The van der Waals surface area contributed by atoms with E-state index >= 15 is 0 Å². The Morgan fingerprint density at radius 1 is 1.00 bits per heavy atom. The highest BCUT2D eigenvalue weighted by atomic mass is 19.2. The fourth-order valence-electron chi connectivity index (χ4n) is 1.73. The zero-order chi connectivity index (χ0) is 14.7. The number of hydrogen-bond donors (Lipinski definition) is 0. The first-order valence-electron chi connectivity index (χ1n) is 5.95. The predicted octanol–water partition coefficient (Wildman–Crippen LogP) is 3.73. The summed E-state index contributed by atoms with van der Waals surface area (Å²) in [6.45, 7) is 2.29. The molecule has 0 atom stereocenters. The SMILES string of the molecule is CCOc1ccc(C(=O)c2ccc(F)c(F)c2F)cc1. The standard InChI is InChI=1S/C15H11F3O2/c1-2-20-10-5-3-9(4-6-10)15(19)11-7-8-12(16)14(18)13(11)17/h3-8H,2H2,1H3. The molecule has 0 amide bonds. The van der Waals surface area contributed by atoms with Gasteiger partial charge in [0.15, 0.2) is 23.2 Å². The molecule has 0 aliphatic carbocycles. The number of ether oxygens (including phenoxy) is 1. The van der Waals surface area contributed by atoms with Gasteiger partial charge in [-0.2, -0.15) is 0 Å². The minimum Gasteiger partial charge on any atom is -0.494 e. The van der Waals surface area contributed by atoms with Gasteiger partial charge >= 0.3 is 0 Å². The van der Waals surface area contributed by atoms with E-state index in [-0.39, 0.29) is 5.56 Å². The first-order valence-corrected chi connectivity index (χ1v) is 5.95. The van der Waals surface area contributed by atoms with Crippen molar-refractivity contribution in [2.45, 2.75) is 6.92 Å². The number of rotatable bonds is 4. The zero-order valence-corrected chi connectivity index (χ0v) is 10.6. The third kappa shape index (κ3) is 2.66. The molecule has 0 spiro atoms. The second-order valence-corrected chi connectivity index (χ2v) is 4.01. The summed E-state index contributed by atoms with van der Waals surface area (Å²) in [4.78, 5) is 12.0. The number of halogens is 3. The van der Waals surface area contributed by atoms with Gasteiger partial charge in [-0.15, -0.1) is 0 Å². The van der Waals surface area contributed by atoms with Gasteiger partial charge in [0.25, 0.3) is 0 Å². The Hall–Kier alpha value is -2.30. The van der Waals surface area contributed by atoms with E-state index in [9.17, 15) is 18.0 Å². The molecule has 0 unspecified atom stereocenters. The van der Waals surface area contributed by atoms with Gasteiger partial charge in [-0.3, -0.25) is 4.79 Å². The van der Waals surface area contributed by atoms with Crippen LogP contribution in [-0.2, 0) is 0 Å². The maximum Gasteiger partial charge on any atom is 0.196 e. The van der Waals surface area contributed by atoms with E-state index in [1.807, 2.05) is 6.92 Å². The molecule has 2 aromatic rings. The number of ketones is 1. The van der Waals surface area contributed by atoms with Gasteiger partial charge in [-0.25, -0.2) is 13.2 Å². The molecule has 0 N–H and O–H groups in total. The van der Waals surface area contributed by atoms with E-state index in [1.54, 1.807) is 12.1 Å². The molecule has 2 nitrogen and oxygen atoms in total. The van der Waals surface area contributed by atoms with E-state index in [1.165, 1.54) is 12.1 Å². The van der Waals surface area contributed by atoms with Gasteiger partial charge in [-0.05, 0) is 43.3 Å². The maximum atomic E-state index is 13.5. The molecule has 5 heteroatoms. The minimum atomic E-state index is -1.65. The van der Waals surface area contributed by atoms with Gasteiger partial charge in [0, 0.05) is 5.56 Å². The van der Waals surface area contributed by atoms with E-state index in [2.05, 4.69) is 0 Å². The number of benzene rings is 2. The van der Waals surface area contributed by atoms with E-state index in [0.29, 0.717) is 12.4 Å². The Balaban J connectivity index is 2.34. The summed E-state index contributed by atoms with van der Waals surface area (Å²) in [5, 5.41) is 0. The summed E-state index contributed by atoms with van der Waals surface area (Å²) in [6, 6.07) is 7.62. The molecular formula is C15H11F3O2. The largest absolute Gasteiger partial charge is 0.494 e. The normalized spacial score (nSPS) is 10.4. The smallest absolute Gasteiger partial charge is 0.196 e. The molecule has 0 heterocycles. The van der Waals surface area contributed by atoms with Crippen LogP contribution in [0.2, 0.25) is 0 Å². The molecule has 0 aromatic heterocycles. The van der Waals surface area contributed by atoms with Crippen molar-refractivity contribution in [1.29, 1.82) is 0 Å². The Bertz CT molecular complexity index is 636. The van der Waals surface area contributed by atoms with Gasteiger partial charge in [0.1, 0.15) is 5.75 Å². The summed E-state index contributed by atoms with van der Waals surface area (Å²) in [5.74, 6) is -4.62. The quantitative estimate of drug-likeness (QED) is 0.630. The van der Waals surface area contributed by atoms with Crippen LogP contribution in [0.1, 0.15) is 22.8 Å². The Labute approximate surface area is 113 Å². The second kappa shape index (κ2) is 5.77. The predicted molar refractivity (Wildman–Crippen MR) is 67.4 cm³/mol. The molecule has 2 rings (SSSR count). The fourth-order valence-corrected chi connectivity index (χ4v) is 1.73. The highest BCUT2D eigenvalue weighted by Crippen LogP contribution is 2.20. The molecule has 20 heavy (non-hydrogen) atoms. The van der Waals surface area contributed by atoms with Crippen LogP contribution in [0.3, 0.4) is 0 Å². The highest BCUT2D eigenvalue weighted by molar-refractivity contribution is 6.09. The lowest BCUT2D eigenvalue weighted by molar-refractivity contribution is 0.103. The number of carbonyl (C=O) groups excluding carboxylic acids is 1.